The van der Waals surface area contributed by atoms with Gasteiger partial charge in [0.1, 0.15) is 0 Å². The molecule has 8 heteroatoms. The molecular weight excluding hydrogens is 324 g/mol. The number of ether oxygens (including phenoxy) is 2. The summed E-state index contributed by atoms with van der Waals surface area (Å²) in [6, 6.07) is 0.00689. The lowest BCUT2D eigenvalue weighted by Gasteiger charge is -2.35. The van der Waals surface area contributed by atoms with Crippen LogP contribution in [0.15, 0.2) is 5.38 Å². The van der Waals surface area contributed by atoms with E-state index in [1.807, 2.05) is 12.3 Å². The van der Waals surface area contributed by atoms with Gasteiger partial charge in [0.05, 0.1) is 48.4 Å². The van der Waals surface area contributed by atoms with Gasteiger partial charge in [0.15, 0.2) is 0 Å². The summed E-state index contributed by atoms with van der Waals surface area (Å²) in [5, 5.41) is 3.05. The fourth-order valence-electron chi connectivity index (χ4n) is 3.26. The van der Waals surface area contributed by atoms with E-state index in [2.05, 4.69) is 4.98 Å². The van der Waals surface area contributed by atoms with Gasteiger partial charge in [-0.2, -0.15) is 4.31 Å². The maximum atomic E-state index is 11.7. The molecular formula is C14H22N2O4S2. The van der Waals surface area contributed by atoms with Gasteiger partial charge < -0.3 is 9.47 Å². The van der Waals surface area contributed by atoms with E-state index in [-0.39, 0.29) is 18.2 Å². The van der Waals surface area contributed by atoms with Crippen LogP contribution in [0.2, 0.25) is 0 Å². The quantitative estimate of drug-likeness (QED) is 0.809. The molecule has 1 aromatic heterocycles. The number of nitrogens with zero attached hydrogens (tertiary/aromatic N) is 2. The van der Waals surface area contributed by atoms with Crippen LogP contribution < -0.4 is 0 Å². The Hall–Kier alpha value is -0.540. The molecule has 2 fully saturated rings. The normalized spacial score (nSPS) is 29.6. The summed E-state index contributed by atoms with van der Waals surface area (Å²) in [6.45, 7) is 3.60. The second-order valence-corrected chi connectivity index (χ2v) is 8.97. The summed E-state index contributed by atoms with van der Waals surface area (Å²) < 4.78 is 36.8. The summed E-state index contributed by atoms with van der Waals surface area (Å²) in [5.41, 5.74) is 0.959. The number of thiazole rings is 1. The van der Waals surface area contributed by atoms with Crippen molar-refractivity contribution in [3.8, 4) is 0 Å². The largest absolute Gasteiger partial charge is 0.372 e. The average molecular weight is 346 g/mol. The first-order chi connectivity index (χ1) is 10.4. The van der Waals surface area contributed by atoms with Gasteiger partial charge in [-0.1, -0.05) is 0 Å². The minimum atomic E-state index is -3.13. The minimum Gasteiger partial charge on any atom is -0.372 e. The molecule has 22 heavy (non-hydrogen) atoms. The molecule has 3 atom stereocenters. The standard InChI is InChI=1S/C14H22N2O4S2/c1-10-15-11(9-21-10)7-19-8-12-3-4-13-14(20-12)5-6-16(13)22(2,17)18/h9,12-14H,3-8H2,1-2H3/t12-,13+,14+/m1/s1. The first-order valence-corrected chi connectivity index (χ1v) is 10.3. The van der Waals surface area contributed by atoms with Crippen molar-refractivity contribution in [1.82, 2.24) is 9.29 Å². The van der Waals surface area contributed by atoms with Crippen molar-refractivity contribution in [1.29, 1.82) is 0 Å². The maximum Gasteiger partial charge on any atom is 0.211 e. The van der Waals surface area contributed by atoms with Crippen LogP contribution in [0.1, 0.15) is 30.0 Å². The second-order valence-electron chi connectivity index (χ2n) is 5.98. The molecule has 0 spiro atoms. The number of sulfonamides is 1. The van der Waals surface area contributed by atoms with Crippen LogP contribution >= 0.6 is 11.3 Å². The number of aromatic nitrogens is 1. The van der Waals surface area contributed by atoms with Crippen molar-refractivity contribution in [2.24, 2.45) is 0 Å². The molecule has 0 saturated carbocycles. The van der Waals surface area contributed by atoms with Crippen molar-refractivity contribution < 1.29 is 17.9 Å². The van der Waals surface area contributed by atoms with Crippen LogP contribution in [0.4, 0.5) is 0 Å². The predicted molar refractivity (Wildman–Crippen MR) is 84.4 cm³/mol. The molecule has 0 bridgehead atoms. The van der Waals surface area contributed by atoms with E-state index in [0.29, 0.717) is 19.8 Å². The Balaban J connectivity index is 1.47. The Morgan fingerprint density at radius 3 is 2.95 bits per heavy atom. The Kier molecular flexibility index (Phi) is 4.84. The van der Waals surface area contributed by atoms with Crippen molar-refractivity contribution >= 4 is 21.4 Å². The lowest BCUT2D eigenvalue weighted by Crippen LogP contribution is -2.45. The predicted octanol–water partition coefficient (Wildman–Crippen LogP) is 1.55. The van der Waals surface area contributed by atoms with Crippen molar-refractivity contribution in [3.05, 3.63) is 16.1 Å². The van der Waals surface area contributed by atoms with Gasteiger partial charge in [-0.05, 0) is 26.2 Å². The van der Waals surface area contributed by atoms with Gasteiger partial charge in [-0.3, -0.25) is 0 Å². The van der Waals surface area contributed by atoms with Crippen LogP contribution in [0.5, 0.6) is 0 Å². The first-order valence-electron chi connectivity index (χ1n) is 7.54. The number of hydrogen-bond acceptors (Lipinski definition) is 6. The lowest BCUT2D eigenvalue weighted by atomic mass is 10.0. The summed E-state index contributed by atoms with van der Waals surface area (Å²) in [7, 11) is -3.13. The third-order valence-corrected chi connectivity index (χ3v) is 6.36. The molecule has 1 aromatic rings. The molecule has 0 aromatic carbocycles. The molecule has 0 radical (unpaired) electrons. The Labute approximate surface area is 135 Å². The summed E-state index contributed by atoms with van der Waals surface area (Å²) >= 11 is 1.62. The second kappa shape index (κ2) is 6.52. The van der Waals surface area contributed by atoms with E-state index in [4.69, 9.17) is 9.47 Å². The highest BCUT2D eigenvalue weighted by Gasteiger charge is 2.43. The van der Waals surface area contributed by atoms with E-state index < -0.39 is 10.0 Å². The molecule has 2 saturated heterocycles. The lowest BCUT2D eigenvalue weighted by molar-refractivity contribution is -0.0963. The van der Waals surface area contributed by atoms with Crippen molar-refractivity contribution in [2.75, 3.05) is 19.4 Å². The monoisotopic (exact) mass is 346 g/mol. The van der Waals surface area contributed by atoms with Gasteiger partial charge in [0, 0.05) is 11.9 Å². The Bertz CT molecular complexity index is 616. The van der Waals surface area contributed by atoms with E-state index in [1.54, 1.807) is 15.6 Å². The molecule has 2 aliphatic heterocycles. The molecule has 0 N–H and O–H groups in total. The van der Waals surface area contributed by atoms with E-state index in [9.17, 15) is 8.42 Å². The van der Waals surface area contributed by atoms with Gasteiger partial charge in [-0.25, -0.2) is 13.4 Å². The molecule has 3 heterocycles. The maximum absolute atomic E-state index is 11.7. The van der Waals surface area contributed by atoms with Crippen LogP contribution in [0, 0.1) is 6.92 Å². The first kappa shape index (κ1) is 16.3. The van der Waals surface area contributed by atoms with E-state index >= 15 is 0 Å². The fourth-order valence-corrected chi connectivity index (χ4v) is 5.03. The summed E-state index contributed by atoms with van der Waals surface area (Å²) in [5.74, 6) is 0. The number of rotatable bonds is 5. The zero-order valence-electron chi connectivity index (χ0n) is 12.9. The number of fused-ring (bicyclic) bond motifs is 1. The van der Waals surface area contributed by atoms with Crippen molar-refractivity contribution in [3.63, 3.8) is 0 Å². The smallest absolute Gasteiger partial charge is 0.211 e. The highest BCUT2D eigenvalue weighted by atomic mass is 32.2. The molecule has 0 aliphatic carbocycles. The molecule has 2 aliphatic rings. The summed E-state index contributed by atoms with van der Waals surface area (Å²) in [4.78, 5) is 4.36. The average Bonchev–Trinajstić information content (AvgIpc) is 3.04. The van der Waals surface area contributed by atoms with Gasteiger partial charge in [-0.15, -0.1) is 11.3 Å². The van der Waals surface area contributed by atoms with E-state index in [1.165, 1.54) is 6.26 Å². The van der Waals surface area contributed by atoms with Crippen molar-refractivity contribution in [2.45, 2.75) is 51.0 Å². The third kappa shape index (κ3) is 3.68. The SMILES string of the molecule is Cc1nc(COC[C@H]2CC[C@H]3[C@H](CCN3S(C)(=O)=O)O2)cs1. The summed E-state index contributed by atoms with van der Waals surface area (Å²) in [6.07, 6.45) is 3.81. The molecule has 6 nitrogen and oxygen atoms in total. The highest BCUT2D eigenvalue weighted by molar-refractivity contribution is 7.88. The van der Waals surface area contributed by atoms with Crippen LogP contribution in [-0.2, 0) is 26.1 Å². The topological polar surface area (TPSA) is 68.7 Å². The third-order valence-electron chi connectivity index (χ3n) is 4.23. The Morgan fingerprint density at radius 1 is 1.45 bits per heavy atom. The van der Waals surface area contributed by atoms with Crippen LogP contribution in [0.25, 0.3) is 0 Å². The number of aryl methyl sites for hydroxylation is 1. The van der Waals surface area contributed by atoms with Crippen LogP contribution in [-0.4, -0.2) is 55.4 Å². The molecule has 3 rings (SSSR count). The highest BCUT2D eigenvalue weighted by Crippen LogP contribution is 2.33. The van der Waals surface area contributed by atoms with Crippen LogP contribution in [0.3, 0.4) is 0 Å². The van der Waals surface area contributed by atoms with E-state index in [0.717, 1.165) is 30.0 Å². The zero-order chi connectivity index (χ0) is 15.7. The zero-order valence-corrected chi connectivity index (χ0v) is 14.5. The Morgan fingerprint density at radius 2 is 2.27 bits per heavy atom. The molecule has 0 amide bonds. The number of hydrogen-bond donors (Lipinski definition) is 0. The molecule has 0 unspecified atom stereocenters. The van der Waals surface area contributed by atoms with Gasteiger partial charge >= 0.3 is 0 Å². The van der Waals surface area contributed by atoms with Gasteiger partial charge in [0.2, 0.25) is 10.0 Å². The van der Waals surface area contributed by atoms with Gasteiger partial charge in [0.25, 0.3) is 0 Å². The molecule has 124 valence electrons. The fraction of sp³-hybridized carbons (Fsp3) is 0.786. The minimum absolute atomic E-state index is 0.00689.